The molecule has 1 unspecified atom stereocenters. The largest absolute Gasteiger partial charge is 0.358 e. The summed E-state index contributed by atoms with van der Waals surface area (Å²) in [7, 11) is 4.05. The van der Waals surface area contributed by atoms with Crippen molar-refractivity contribution in [1.29, 1.82) is 0 Å². The predicted octanol–water partition coefficient (Wildman–Crippen LogP) is 2.74. The first kappa shape index (κ1) is 13.1. The third-order valence-electron chi connectivity index (χ3n) is 3.56. The fraction of sp³-hybridized carbons (Fsp3) is 0.467. The highest BCUT2D eigenvalue weighted by atomic mass is 14.9. The van der Waals surface area contributed by atoms with E-state index in [1.54, 1.807) is 0 Å². The highest BCUT2D eigenvalue weighted by Crippen LogP contribution is 2.29. The molecule has 0 spiro atoms. The minimum absolute atomic E-state index is 0.425. The Labute approximate surface area is 109 Å². The van der Waals surface area contributed by atoms with E-state index in [1.807, 2.05) is 14.1 Å². The van der Waals surface area contributed by atoms with Gasteiger partial charge in [-0.25, -0.2) is 0 Å². The van der Waals surface area contributed by atoms with Crippen LogP contribution in [0, 0.1) is 6.92 Å². The van der Waals surface area contributed by atoms with Crippen molar-refractivity contribution in [3.63, 3.8) is 0 Å². The van der Waals surface area contributed by atoms with Gasteiger partial charge in [-0.2, -0.15) is 0 Å². The van der Waals surface area contributed by atoms with Crippen molar-refractivity contribution in [3.8, 4) is 0 Å². The fourth-order valence-corrected chi connectivity index (χ4v) is 2.66. The molecule has 3 heteroatoms. The van der Waals surface area contributed by atoms with Crippen LogP contribution in [0.3, 0.4) is 0 Å². The lowest BCUT2D eigenvalue weighted by Crippen LogP contribution is -2.19. The third-order valence-corrected chi connectivity index (χ3v) is 3.56. The number of hydrogen-bond donors (Lipinski definition) is 3. The molecule has 0 saturated carbocycles. The summed E-state index contributed by atoms with van der Waals surface area (Å²) in [5.74, 6) is 0. The number of hydrogen-bond acceptors (Lipinski definition) is 2. The number of para-hydroxylation sites is 1. The quantitative estimate of drug-likeness (QED) is 0.685. The first-order valence-electron chi connectivity index (χ1n) is 6.67. The average molecular weight is 245 g/mol. The van der Waals surface area contributed by atoms with Crippen LogP contribution in [0.5, 0.6) is 0 Å². The van der Waals surface area contributed by atoms with Crippen LogP contribution in [0.2, 0.25) is 0 Å². The predicted molar refractivity (Wildman–Crippen MR) is 78.0 cm³/mol. The molecule has 0 aliphatic rings. The highest BCUT2D eigenvalue weighted by molar-refractivity contribution is 5.85. The summed E-state index contributed by atoms with van der Waals surface area (Å²) in [5, 5.41) is 8.00. The number of H-pyrrole nitrogens is 1. The van der Waals surface area contributed by atoms with Crippen molar-refractivity contribution < 1.29 is 0 Å². The molecule has 0 aliphatic carbocycles. The Morgan fingerprint density at radius 1 is 1.22 bits per heavy atom. The van der Waals surface area contributed by atoms with Crippen molar-refractivity contribution >= 4 is 10.9 Å². The Morgan fingerprint density at radius 2 is 2.00 bits per heavy atom. The topological polar surface area (TPSA) is 39.8 Å². The monoisotopic (exact) mass is 245 g/mol. The van der Waals surface area contributed by atoms with Crippen LogP contribution in [0.25, 0.3) is 10.9 Å². The van der Waals surface area contributed by atoms with Gasteiger partial charge in [-0.3, -0.25) is 0 Å². The van der Waals surface area contributed by atoms with Crippen molar-refractivity contribution in [1.82, 2.24) is 15.6 Å². The lowest BCUT2D eigenvalue weighted by Gasteiger charge is -2.17. The van der Waals surface area contributed by atoms with Crippen LogP contribution >= 0.6 is 0 Å². The molecule has 98 valence electrons. The van der Waals surface area contributed by atoms with Gasteiger partial charge in [0.1, 0.15) is 0 Å². The summed E-state index contributed by atoms with van der Waals surface area (Å²) in [6, 6.07) is 8.97. The van der Waals surface area contributed by atoms with Gasteiger partial charge in [0.25, 0.3) is 0 Å². The summed E-state index contributed by atoms with van der Waals surface area (Å²) < 4.78 is 0. The number of benzene rings is 1. The van der Waals surface area contributed by atoms with Crippen LogP contribution in [-0.2, 0) is 0 Å². The minimum Gasteiger partial charge on any atom is -0.358 e. The van der Waals surface area contributed by atoms with Gasteiger partial charge >= 0.3 is 0 Å². The first-order valence-corrected chi connectivity index (χ1v) is 6.67. The molecule has 1 aromatic carbocycles. The Morgan fingerprint density at radius 3 is 2.72 bits per heavy atom. The van der Waals surface area contributed by atoms with Crippen LogP contribution in [0.15, 0.2) is 24.3 Å². The maximum absolute atomic E-state index is 3.48. The molecular formula is C15H23N3. The second-order valence-corrected chi connectivity index (χ2v) is 4.80. The molecule has 3 nitrogen and oxygen atoms in total. The van der Waals surface area contributed by atoms with Gasteiger partial charge in [0, 0.05) is 22.6 Å². The van der Waals surface area contributed by atoms with E-state index in [1.165, 1.54) is 28.6 Å². The molecule has 3 N–H and O–H groups in total. The molecule has 0 bridgehead atoms. The standard InChI is InChI=1S/C15H23N3/c1-11-15(14(17-3)9-6-10-16-2)12-7-4-5-8-13(12)18-11/h4-5,7-8,14,16-18H,6,9-10H2,1-3H3. The first-order chi connectivity index (χ1) is 8.77. The fourth-order valence-electron chi connectivity index (χ4n) is 2.66. The molecule has 1 atom stereocenters. The molecule has 1 heterocycles. The number of aromatic amines is 1. The molecule has 0 fully saturated rings. The van der Waals surface area contributed by atoms with Crippen LogP contribution in [0.1, 0.15) is 30.1 Å². The van der Waals surface area contributed by atoms with Gasteiger partial charge in [0.05, 0.1) is 0 Å². The Hall–Kier alpha value is -1.32. The van der Waals surface area contributed by atoms with E-state index in [4.69, 9.17) is 0 Å². The molecule has 1 aromatic heterocycles. The Kier molecular flexibility index (Phi) is 4.39. The Balaban J connectivity index is 2.29. The maximum atomic E-state index is 3.48. The summed E-state index contributed by atoms with van der Waals surface area (Å²) >= 11 is 0. The van der Waals surface area contributed by atoms with E-state index < -0.39 is 0 Å². The summed E-state index contributed by atoms with van der Waals surface area (Å²) in [6.07, 6.45) is 2.33. The van der Waals surface area contributed by atoms with Crippen LogP contribution in [-0.4, -0.2) is 25.6 Å². The zero-order valence-electron chi connectivity index (χ0n) is 11.5. The van der Waals surface area contributed by atoms with Crippen molar-refractivity contribution in [2.75, 3.05) is 20.6 Å². The minimum atomic E-state index is 0.425. The third kappa shape index (κ3) is 2.57. The highest BCUT2D eigenvalue weighted by Gasteiger charge is 2.16. The zero-order chi connectivity index (χ0) is 13.0. The van der Waals surface area contributed by atoms with Crippen LogP contribution in [0.4, 0.5) is 0 Å². The zero-order valence-corrected chi connectivity index (χ0v) is 11.5. The molecule has 2 aromatic rings. The molecule has 0 radical (unpaired) electrons. The molecule has 0 saturated heterocycles. The van der Waals surface area contributed by atoms with Gasteiger partial charge in [-0.15, -0.1) is 0 Å². The van der Waals surface area contributed by atoms with E-state index in [0.717, 1.165) is 13.0 Å². The summed E-state index contributed by atoms with van der Waals surface area (Å²) in [5.41, 5.74) is 3.93. The van der Waals surface area contributed by atoms with E-state index >= 15 is 0 Å². The second-order valence-electron chi connectivity index (χ2n) is 4.80. The molecule has 0 aliphatic heterocycles. The normalized spacial score (nSPS) is 13.1. The van der Waals surface area contributed by atoms with E-state index in [-0.39, 0.29) is 0 Å². The average Bonchev–Trinajstić information content (AvgIpc) is 2.71. The van der Waals surface area contributed by atoms with Gasteiger partial charge < -0.3 is 15.6 Å². The van der Waals surface area contributed by atoms with Gasteiger partial charge in [0.2, 0.25) is 0 Å². The van der Waals surface area contributed by atoms with Crippen molar-refractivity contribution in [2.24, 2.45) is 0 Å². The number of aryl methyl sites for hydroxylation is 1. The number of aromatic nitrogens is 1. The smallest absolute Gasteiger partial charge is 0.0459 e. The molecule has 18 heavy (non-hydrogen) atoms. The molecular weight excluding hydrogens is 222 g/mol. The number of rotatable bonds is 6. The van der Waals surface area contributed by atoms with Crippen molar-refractivity contribution in [2.45, 2.75) is 25.8 Å². The van der Waals surface area contributed by atoms with E-state index in [2.05, 4.69) is 46.8 Å². The SMILES string of the molecule is CNCCCC(NC)c1c(C)[nH]c2ccccc12. The van der Waals surface area contributed by atoms with Crippen LogP contribution < -0.4 is 10.6 Å². The number of nitrogens with one attached hydrogen (secondary N) is 3. The van der Waals surface area contributed by atoms with E-state index in [0.29, 0.717) is 6.04 Å². The summed E-state index contributed by atoms with van der Waals surface area (Å²) in [6.45, 7) is 3.23. The molecule has 0 amide bonds. The lowest BCUT2D eigenvalue weighted by molar-refractivity contribution is 0.519. The van der Waals surface area contributed by atoms with Crippen molar-refractivity contribution in [3.05, 3.63) is 35.5 Å². The van der Waals surface area contributed by atoms with Gasteiger partial charge in [0.15, 0.2) is 0 Å². The molecule has 2 rings (SSSR count). The number of fused-ring (bicyclic) bond motifs is 1. The maximum Gasteiger partial charge on any atom is 0.0459 e. The Bertz CT molecular complexity index is 501. The summed E-state index contributed by atoms with van der Waals surface area (Å²) in [4.78, 5) is 3.48. The lowest BCUT2D eigenvalue weighted by atomic mass is 9.99. The van der Waals surface area contributed by atoms with Gasteiger partial charge in [-0.05, 0) is 52.0 Å². The van der Waals surface area contributed by atoms with E-state index in [9.17, 15) is 0 Å². The van der Waals surface area contributed by atoms with Gasteiger partial charge in [-0.1, -0.05) is 18.2 Å². The second kappa shape index (κ2) is 6.03.